The summed E-state index contributed by atoms with van der Waals surface area (Å²) in [6.45, 7) is 6.16. The van der Waals surface area contributed by atoms with Crippen molar-refractivity contribution < 1.29 is 43.0 Å². The maximum Gasteiger partial charge on any atom is 0.266 e. The minimum absolute atomic E-state index is 0.00280. The molecule has 0 saturated carbocycles. The first-order valence-electron chi connectivity index (χ1n) is 19.9. The van der Waals surface area contributed by atoms with Gasteiger partial charge in [0.2, 0.25) is 17.7 Å². The average molecular weight is 821 g/mol. The van der Waals surface area contributed by atoms with Gasteiger partial charge in [0, 0.05) is 25.1 Å². The molecule has 17 nitrogen and oxygen atoms in total. The molecule has 0 aliphatic carbocycles. The molecule has 3 aromatic carbocycles. The third kappa shape index (κ3) is 8.09. The van der Waals surface area contributed by atoms with E-state index in [0.29, 0.717) is 11.6 Å². The standard InChI is InChI=1S/C43H48N8O9/c1-6-26-10-12-27(13-11-26)38-30-22-28(58-5)14-15-31(30)50-25(3)47-48-39(50)37(49(38)4)24(2)40(54)45-19-21-59-20-18-44-35(53)23-60-33-9-7-8-29-36(33)43(57)51(42(29)56)32-16-17-34(52)46-41(32)55/h7-15,22,24,32,37-38H,6,16-21,23H2,1-5H3,(H,44,53)(H,45,54)(H,46,52,55)/t24-,32?,37+,38?/m1/s1. The third-order valence-electron chi connectivity index (χ3n) is 11.2. The first kappa shape index (κ1) is 41.7. The number of ether oxygens (including phenoxy) is 3. The summed E-state index contributed by atoms with van der Waals surface area (Å²) in [4.78, 5) is 79.8. The summed E-state index contributed by atoms with van der Waals surface area (Å²) in [6.07, 6.45) is 0.935. The van der Waals surface area contributed by atoms with Crippen LogP contribution in [0.2, 0.25) is 0 Å². The van der Waals surface area contributed by atoms with Crippen LogP contribution < -0.4 is 25.4 Å². The number of hydrogen-bond donors (Lipinski definition) is 3. The van der Waals surface area contributed by atoms with Gasteiger partial charge in [-0.15, -0.1) is 10.2 Å². The van der Waals surface area contributed by atoms with Gasteiger partial charge in [0.15, 0.2) is 12.4 Å². The molecule has 0 radical (unpaired) electrons. The van der Waals surface area contributed by atoms with Crippen LogP contribution in [-0.4, -0.2) is 113 Å². The Morgan fingerprint density at radius 2 is 1.72 bits per heavy atom. The summed E-state index contributed by atoms with van der Waals surface area (Å²) in [6, 6.07) is 17.1. The lowest BCUT2D eigenvalue weighted by molar-refractivity contribution is -0.136. The van der Waals surface area contributed by atoms with E-state index in [1.807, 2.05) is 43.7 Å². The number of imide groups is 2. The van der Waals surface area contributed by atoms with E-state index in [1.165, 1.54) is 23.8 Å². The lowest BCUT2D eigenvalue weighted by Crippen LogP contribution is -2.54. The molecule has 3 aliphatic rings. The summed E-state index contributed by atoms with van der Waals surface area (Å²) in [5, 5.41) is 16.9. The van der Waals surface area contributed by atoms with E-state index < -0.39 is 54.1 Å². The second-order valence-corrected chi connectivity index (χ2v) is 14.9. The second-order valence-electron chi connectivity index (χ2n) is 14.9. The first-order chi connectivity index (χ1) is 28.9. The molecule has 2 unspecified atom stereocenters. The molecule has 0 spiro atoms. The van der Waals surface area contributed by atoms with Crippen molar-refractivity contribution in [3.05, 3.63) is 100 Å². The Balaban J connectivity index is 0.912. The predicted molar refractivity (Wildman–Crippen MR) is 215 cm³/mol. The number of carbonyl (C=O) groups excluding carboxylic acids is 6. The minimum atomic E-state index is -1.12. The van der Waals surface area contributed by atoms with E-state index in [0.717, 1.165) is 33.9 Å². The highest BCUT2D eigenvalue weighted by Gasteiger charge is 2.46. The molecule has 1 aromatic heterocycles. The van der Waals surface area contributed by atoms with Gasteiger partial charge >= 0.3 is 0 Å². The van der Waals surface area contributed by atoms with Gasteiger partial charge in [0.25, 0.3) is 17.7 Å². The number of hydrogen-bond acceptors (Lipinski definition) is 12. The normalized spacial score (nSPS) is 19.1. The molecule has 0 bridgehead atoms. The van der Waals surface area contributed by atoms with Gasteiger partial charge in [-0.1, -0.05) is 44.2 Å². The van der Waals surface area contributed by atoms with Gasteiger partial charge < -0.3 is 24.8 Å². The third-order valence-corrected chi connectivity index (χ3v) is 11.2. The number of nitrogens with one attached hydrogen (secondary N) is 3. The van der Waals surface area contributed by atoms with Crippen molar-refractivity contribution in [1.82, 2.24) is 40.5 Å². The zero-order valence-corrected chi connectivity index (χ0v) is 34.2. The Labute approximate surface area is 346 Å². The topological polar surface area (TPSA) is 203 Å². The molecule has 1 fully saturated rings. The zero-order chi connectivity index (χ0) is 42.7. The number of amides is 6. The maximum atomic E-state index is 13.8. The summed E-state index contributed by atoms with van der Waals surface area (Å²) in [5.74, 6) is -1.74. The first-order valence-corrected chi connectivity index (χ1v) is 19.9. The van der Waals surface area contributed by atoms with Gasteiger partial charge in [-0.05, 0) is 68.3 Å². The molecule has 4 atom stereocenters. The Bertz CT molecular complexity index is 2330. The van der Waals surface area contributed by atoms with Crippen LogP contribution in [0.15, 0.2) is 60.7 Å². The van der Waals surface area contributed by atoms with E-state index >= 15 is 0 Å². The van der Waals surface area contributed by atoms with Crippen LogP contribution in [0.3, 0.4) is 0 Å². The van der Waals surface area contributed by atoms with Crippen molar-refractivity contribution >= 4 is 35.4 Å². The van der Waals surface area contributed by atoms with E-state index in [9.17, 15) is 28.8 Å². The summed E-state index contributed by atoms with van der Waals surface area (Å²) < 4.78 is 19.0. The van der Waals surface area contributed by atoms with Crippen LogP contribution in [0.1, 0.15) is 87.8 Å². The number of rotatable bonds is 15. The van der Waals surface area contributed by atoms with Crippen molar-refractivity contribution in [2.24, 2.45) is 5.92 Å². The van der Waals surface area contributed by atoms with Crippen molar-refractivity contribution in [3.63, 3.8) is 0 Å². The molecule has 7 rings (SSSR count). The van der Waals surface area contributed by atoms with Crippen molar-refractivity contribution in [3.8, 4) is 17.2 Å². The molecule has 4 heterocycles. The van der Waals surface area contributed by atoms with Crippen molar-refractivity contribution in [2.45, 2.75) is 58.2 Å². The van der Waals surface area contributed by atoms with E-state index in [4.69, 9.17) is 14.2 Å². The summed E-state index contributed by atoms with van der Waals surface area (Å²) >= 11 is 0. The number of piperidine rings is 1. The number of methoxy groups -OCH3 is 1. The number of aryl methyl sites for hydroxylation is 2. The van der Waals surface area contributed by atoms with Crippen LogP contribution in [-0.2, 0) is 30.3 Å². The quantitative estimate of drug-likeness (QED) is 0.117. The molecular formula is C43H48N8O9. The fourth-order valence-electron chi connectivity index (χ4n) is 8.15. The average Bonchev–Trinajstić information content (AvgIpc) is 3.71. The van der Waals surface area contributed by atoms with E-state index in [2.05, 4.69) is 62.2 Å². The molecule has 3 aliphatic heterocycles. The highest BCUT2D eigenvalue weighted by atomic mass is 16.5. The molecule has 6 amide bonds. The molecule has 17 heteroatoms. The molecule has 60 heavy (non-hydrogen) atoms. The van der Waals surface area contributed by atoms with Crippen LogP contribution >= 0.6 is 0 Å². The highest BCUT2D eigenvalue weighted by Crippen LogP contribution is 2.45. The van der Waals surface area contributed by atoms with Gasteiger partial charge in [0.1, 0.15) is 23.4 Å². The van der Waals surface area contributed by atoms with Gasteiger partial charge in [-0.3, -0.25) is 48.5 Å². The highest BCUT2D eigenvalue weighted by molar-refractivity contribution is 6.24. The van der Waals surface area contributed by atoms with Crippen LogP contribution in [0, 0.1) is 12.8 Å². The number of aromatic nitrogens is 3. The Morgan fingerprint density at radius 3 is 2.43 bits per heavy atom. The molecular weight excluding hydrogens is 773 g/mol. The Morgan fingerprint density at radius 1 is 0.967 bits per heavy atom. The van der Waals surface area contributed by atoms with Crippen LogP contribution in [0.25, 0.3) is 5.69 Å². The molecule has 4 aromatic rings. The lowest BCUT2D eigenvalue weighted by atomic mass is 9.91. The monoisotopic (exact) mass is 820 g/mol. The Kier molecular flexibility index (Phi) is 12.4. The van der Waals surface area contributed by atoms with Crippen molar-refractivity contribution in [2.75, 3.05) is 47.1 Å². The molecule has 314 valence electrons. The predicted octanol–water partition coefficient (Wildman–Crippen LogP) is 2.59. The summed E-state index contributed by atoms with van der Waals surface area (Å²) in [5.41, 5.74) is 4.21. The maximum absolute atomic E-state index is 13.8. The second kappa shape index (κ2) is 17.8. The van der Waals surface area contributed by atoms with Gasteiger partial charge in [-0.25, -0.2) is 0 Å². The largest absolute Gasteiger partial charge is 0.497 e. The fraction of sp³-hybridized carbons (Fsp3) is 0.395. The lowest BCUT2D eigenvalue weighted by Gasteiger charge is -2.35. The Hall–Kier alpha value is -6.46. The smallest absolute Gasteiger partial charge is 0.266 e. The van der Waals surface area contributed by atoms with Crippen molar-refractivity contribution in [1.29, 1.82) is 0 Å². The van der Waals surface area contributed by atoms with Gasteiger partial charge in [0.05, 0.1) is 55.1 Å². The number of nitrogens with zero attached hydrogens (tertiary/aromatic N) is 5. The molecule has 3 N–H and O–H groups in total. The SMILES string of the molecule is CCc1ccc(C2c3cc(OC)ccc3-n3c(C)nnc3[C@H]([C@@H](C)C(=O)NCCOCCNC(=O)COc3cccc4c3C(=O)N(C3CCC(=O)NC3=O)C4=O)N2C)cc1. The summed E-state index contributed by atoms with van der Waals surface area (Å²) in [7, 11) is 3.64. The van der Waals surface area contributed by atoms with Gasteiger partial charge in [-0.2, -0.15) is 0 Å². The minimum Gasteiger partial charge on any atom is -0.497 e. The number of carbonyl (C=O) groups is 6. The van der Waals surface area contributed by atoms with Crippen LogP contribution in [0.5, 0.6) is 11.5 Å². The zero-order valence-electron chi connectivity index (χ0n) is 34.2. The van der Waals surface area contributed by atoms with E-state index in [1.54, 1.807) is 7.11 Å². The van der Waals surface area contributed by atoms with E-state index in [-0.39, 0.29) is 68.0 Å². The van der Waals surface area contributed by atoms with Crippen LogP contribution in [0.4, 0.5) is 0 Å². The molecule has 1 saturated heterocycles. The number of benzene rings is 3. The fourth-order valence-corrected chi connectivity index (χ4v) is 8.15. The number of fused-ring (bicyclic) bond motifs is 4.